The zero-order valence-corrected chi connectivity index (χ0v) is 16.5. The maximum atomic E-state index is 13.7. The van der Waals surface area contributed by atoms with E-state index in [1.54, 1.807) is 24.3 Å². The first-order chi connectivity index (χ1) is 15.0. The van der Waals surface area contributed by atoms with E-state index in [4.69, 9.17) is 4.84 Å². The van der Waals surface area contributed by atoms with E-state index < -0.39 is 11.9 Å². The predicted octanol–water partition coefficient (Wildman–Crippen LogP) is 4.94. The molecule has 0 spiro atoms. The van der Waals surface area contributed by atoms with Crippen LogP contribution in [0, 0.1) is 17.5 Å². The number of rotatable bonds is 6. The largest absolute Gasteiger partial charge is 0.390 e. The fraction of sp³-hybridized carbons (Fsp3) is 0.167. The van der Waals surface area contributed by atoms with Gasteiger partial charge in [0.15, 0.2) is 6.10 Å². The monoisotopic (exact) mass is 424 g/mol. The highest BCUT2D eigenvalue weighted by Crippen LogP contribution is 2.21. The summed E-state index contributed by atoms with van der Waals surface area (Å²) >= 11 is 0. The molecule has 0 bridgehead atoms. The number of carbonyl (C=O) groups excluding carboxylic acids is 1. The molecule has 0 radical (unpaired) electrons. The van der Waals surface area contributed by atoms with Gasteiger partial charge in [0.1, 0.15) is 17.5 Å². The van der Waals surface area contributed by atoms with Crippen LogP contribution in [0.4, 0.5) is 13.2 Å². The first kappa shape index (κ1) is 20.7. The molecule has 0 aliphatic carbocycles. The maximum Gasteiger partial charge on any atom is 0.254 e. The SMILES string of the molecule is O=C(c1cccc(F)c1)N(Cc1ccc(F)cc1)CC1CC(c2cccc(F)c2)=NO1. The lowest BCUT2D eigenvalue weighted by Gasteiger charge is -2.25. The maximum absolute atomic E-state index is 13.7. The Labute approximate surface area is 177 Å². The third-order valence-corrected chi connectivity index (χ3v) is 4.96. The van der Waals surface area contributed by atoms with Crippen molar-refractivity contribution in [1.82, 2.24) is 4.90 Å². The van der Waals surface area contributed by atoms with Crippen molar-refractivity contribution in [3.8, 4) is 0 Å². The third kappa shape index (κ3) is 5.12. The van der Waals surface area contributed by atoms with Crippen molar-refractivity contribution < 1.29 is 22.8 Å². The lowest BCUT2D eigenvalue weighted by atomic mass is 10.0. The van der Waals surface area contributed by atoms with Gasteiger partial charge in [-0.2, -0.15) is 0 Å². The summed E-state index contributed by atoms with van der Waals surface area (Å²) in [5, 5.41) is 4.05. The summed E-state index contributed by atoms with van der Waals surface area (Å²) in [6.45, 7) is 0.361. The minimum atomic E-state index is -0.513. The Morgan fingerprint density at radius 3 is 2.35 bits per heavy atom. The van der Waals surface area contributed by atoms with Gasteiger partial charge >= 0.3 is 0 Å². The van der Waals surface area contributed by atoms with Crippen molar-refractivity contribution in [2.75, 3.05) is 6.54 Å². The zero-order chi connectivity index (χ0) is 21.8. The number of halogens is 3. The van der Waals surface area contributed by atoms with Gasteiger partial charge in [0.05, 0.1) is 12.3 Å². The molecule has 1 aliphatic heterocycles. The number of amides is 1. The molecule has 0 N–H and O–H groups in total. The van der Waals surface area contributed by atoms with Crippen LogP contribution >= 0.6 is 0 Å². The van der Waals surface area contributed by atoms with Crippen molar-refractivity contribution in [1.29, 1.82) is 0 Å². The summed E-state index contributed by atoms with van der Waals surface area (Å²) < 4.78 is 40.4. The van der Waals surface area contributed by atoms with Gasteiger partial charge in [0.2, 0.25) is 0 Å². The van der Waals surface area contributed by atoms with Crippen LogP contribution in [0.15, 0.2) is 78.0 Å². The summed E-state index contributed by atoms with van der Waals surface area (Å²) in [6.07, 6.45) is -0.0592. The second kappa shape index (κ2) is 9.04. The lowest BCUT2D eigenvalue weighted by Crippen LogP contribution is -2.37. The van der Waals surface area contributed by atoms with Gasteiger partial charge in [-0.05, 0) is 48.0 Å². The van der Waals surface area contributed by atoms with Crippen LogP contribution < -0.4 is 0 Å². The Morgan fingerprint density at radius 1 is 0.935 bits per heavy atom. The average Bonchev–Trinajstić information content (AvgIpc) is 3.23. The fourth-order valence-electron chi connectivity index (χ4n) is 3.44. The lowest BCUT2D eigenvalue weighted by molar-refractivity contribution is 0.0405. The molecule has 7 heteroatoms. The van der Waals surface area contributed by atoms with Crippen molar-refractivity contribution in [2.24, 2.45) is 5.16 Å². The molecule has 1 heterocycles. The summed E-state index contributed by atoms with van der Waals surface area (Å²) in [5.41, 5.74) is 2.12. The van der Waals surface area contributed by atoms with Crippen LogP contribution in [-0.2, 0) is 11.4 Å². The smallest absolute Gasteiger partial charge is 0.254 e. The molecule has 4 rings (SSSR count). The van der Waals surface area contributed by atoms with Crippen LogP contribution in [0.2, 0.25) is 0 Å². The third-order valence-electron chi connectivity index (χ3n) is 4.96. The van der Waals surface area contributed by atoms with E-state index >= 15 is 0 Å². The highest BCUT2D eigenvalue weighted by molar-refractivity contribution is 6.01. The van der Waals surface area contributed by atoms with Crippen molar-refractivity contribution in [3.63, 3.8) is 0 Å². The first-order valence-electron chi connectivity index (χ1n) is 9.76. The summed E-state index contributed by atoms with van der Waals surface area (Å²) in [5.74, 6) is -1.64. The molecule has 0 aromatic heterocycles. The first-order valence-corrected chi connectivity index (χ1v) is 9.76. The van der Waals surface area contributed by atoms with Gasteiger partial charge in [-0.3, -0.25) is 4.79 Å². The fourth-order valence-corrected chi connectivity index (χ4v) is 3.44. The van der Waals surface area contributed by atoms with Crippen LogP contribution in [0.1, 0.15) is 27.9 Å². The molecule has 31 heavy (non-hydrogen) atoms. The standard InChI is InChI=1S/C24H19F3N2O2/c25-19-9-7-16(8-10-19)14-29(24(30)18-4-2-6-21(27)12-18)15-22-13-23(28-31-22)17-3-1-5-20(26)11-17/h1-12,22H,13-15H2. The Bertz CT molecular complexity index is 1120. The van der Waals surface area contributed by atoms with Crippen molar-refractivity contribution in [3.05, 3.63) is 107 Å². The van der Waals surface area contributed by atoms with Crippen LogP contribution in [-0.4, -0.2) is 29.2 Å². The molecule has 1 aliphatic rings. The Hall–Kier alpha value is -3.61. The molecule has 158 valence electrons. The number of benzene rings is 3. The van der Waals surface area contributed by atoms with Crippen LogP contribution in [0.3, 0.4) is 0 Å². The van der Waals surface area contributed by atoms with Crippen LogP contribution in [0.5, 0.6) is 0 Å². The number of nitrogens with zero attached hydrogens (tertiary/aromatic N) is 2. The highest BCUT2D eigenvalue weighted by Gasteiger charge is 2.27. The Morgan fingerprint density at radius 2 is 1.65 bits per heavy atom. The second-order valence-corrected chi connectivity index (χ2v) is 7.30. The molecule has 1 unspecified atom stereocenters. The van der Waals surface area contributed by atoms with Gasteiger partial charge in [0, 0.05) is 24.1 Å². The molecule has 1 atom stereocenters. The van der Waals surface area contributed by atoms with E-state index in [1.165, 1.54) is 53.4 Å². The number of carbonyl (C=O) groups is 1. The summed E-state index contributed by atoms with van der Waals surface area (Å²) in [6, 6.07) is 17.3. The van der Waals surface area contributed by atoms with Gasteiger partial charge in [-0.25, -0.2) is 13.2 Å². The Balaban J connectivity index is 1.52. The number of hydrogen-bond acceptors (Lipinski definition) is 3. The molecule has 3 aromatic carbocycles. The summed E-state index contributed by atoms with van der Waals surface area (Å²) in [7, 11) is 0. The predicted molar refractivity (Wildman–Crippen MR) is 110 cm³/mol. The molecular weight excluding hydrogens is 405 g/mol. The van der Waals surface area contributed by atoms with E-state index in [2.05, 4.69) is 5.16 Å². The quantitative estimate of drug-likeness (QED) is 0.563. The molecule has 3 aromatic rings. The molecule has 0 saturated heterocycles. The van der Waals surface area contributed by atoms with Gasteiger partial charge in [-0.15, -0.1) is 0 Å². The minimum absolute atomic E-state index is 0.176. The normalized spacial score (nSPS) is 15.3. The summed E-state index contributed by atoms with van der Waals surface area (Å²) in [4.78, 5) is 20.1. The van der Waals surface area contributed by atoms with E-state index in [0.29, 0.717) is 17.7 Å². The van der Waals surface area contributed by atoms with Crippen LogP contribution in [0.25, 0.3) is 0 Å². The van der Waals surface area contributed by atoms with Crippen molar-refractivity contribution >= 4 is 11.6 Å². The van der Waals surface area contributed by atoms with E-state index in [9.17, 15) is 18.0 Å². The topological polar surface area (TPSA) is 41.9 Å². The van der Waals surface area contributed by atoms with Gasteiger partial charge in [0.25, 0.3) is 5.91 Å². The average molecular weight is 424 g/mol. The molecule has 0 saturated carbocycles. The minimum Gasteiger partial charge on any atom is -0.390 e. The van der Waals surface area contributed by atoms with E-state index in [1.807, 2.05) is 0 Å². The Kier molecular flexibility index (Phi) is 6.02. The van der Waals surface area contributed by atoms with E-state index in [-0.39, 0.29) is 36.2 Å². The van der Waals surface area contributed by atoms with E-state index in [0.717, 1.165) is 5.56 Å². The van der Waals surface area contributed by atoms with Crippen molar-refractivity contribution in [2.45, 2.75) is 19.1 Å². The van der Waals surface area contributed by atoms with Gasteiger partial charge < -0.3 is 9.74 Å². The van der Waals surface area contributed by atoms with Gasteiger partial charge in [-0.1, -0.05) is 35.5 Å². The zero-order valence-electron chi connectivity index (χ0n) is 16.5. The molecule has 4 nitrogen and oxygen atoms in total. The number of hydrogen-bond donors (Lipinski definition) is 0. The number of oxime groups is 1. The molecular formula is C24H19F3N2O2. The second-order valence-electron chi connectivity index (χ2n) is 7.30. The molecule has 1 amide bonds. The molecule has 0 fully saturated rings. The highest BCUT2D eigenvalue weighted by atomic mass is 19.1.